The first-order valence-corrected chi connectivity index (χ1v) is 10.9. The van der Waals surface area contributed by atoms with Crippen LogP contribution in [0.2, 0.25) is 0 Å². The molecule has 164 valence electrons. The van der Waals surface area contributed by atoms with Gasteiger partial charge in [0.15, 0.2) is 0 Å². The van der Waals surface area contributed by atoms with E-state index < -0.39 is 0 Å². The molecule has 0 bridgehead atoms. The molecule has 8 nitrogen and oxygen atoms in total. The van der Waals surface area contributed by atoms with Crippen LogP contribution in [0.4, 0.5) is 10.5 Å². The minimum Gasteiger partial charge on any atom is -0.458 e. The lowest BCUT2D eigenvalue weighted by molar-refractivity contribution is -0.134. The van der Waals surface area contributed by atoms with Crippen molar-refractivity contribution in [2.75, 3.05) is 37.6 Å². The largest absolute Gasteiger partial charge is 0.458 e. The number of carbonyl (C=O) groups excluding carboxylic acids is 2. The van der Waals surface area contributed by atoms with E-state index in [2.05, 4.69) is 35.9 Å². The average molecular weight is 424 g/mol. The zero-order valence-corrected chi connectivity index (χ0v) is 18.1. The highest BCUT2D eigenvalue weighted by Gasteiger charge is 2.33. The van der Waals surface area contributed by atoms with Crippen molar-refractivity contribution in [3.8, 4) is 6.01 Å². The fraction of sp³-hybridized carbons (Fsp3) is 0.478. The minimum absolute atomic E-state index is 0.0485. The van der Waals surface area contributed by atoms with E-state index in [1.165, 1.54) is 5.56 Å². The van der Waals surface area contributed by atoms with Crippen molar-refractivity contribution in [1.29, 1.82) is 0 Å². The SMILES string of the molecule is CC(C)c1ccc(N2CCN(CC(=O)N3CCCC(Oc4ncccn4)C3)C2=O)cc1. The second kappa shape index (κ2) is 9.32. The van der Waals surface area contributed by atoms with E-state index >= 15 is 0 Å². The van der Waals surface area contributed by atoms with Crippen LogP contribution in [0, 0.1) is 0 Å². The first-order valence-electron chi connectivity index (χ1n) is 10.9. The van der Waals surface area contributed by atoms with Crippen molar-refractivity contribution >= 4 is 17.6 Å². The maximum Gasteiger partial charge on any atom is 0.325 e. The summed E-state index contributed by atoms with van der Waals surface area (Å²) in [6.07, 6.45) is 4.84. The number of aromatic nitrogens is 2. The Morgan fingerprint density at radius 3 is 2.58 bits per heavy atom. The van der Waals surface area contributed by atoms with Crippen LogP contribution < -0.4 is 9.64 Å². The lowest BCUT2D eigenvalue weighted by Gasteiger charge is -2.33. The number of piperidine rings is 1. The van der Waals surface area contributed by atoms with E-state index in [0.29, 0.717) is 38.1 Å². The second-order valence-corrected chi connectivity index (χ2v) is 8.36. The van der Waals surface area contributed by atoms with Crippen LogP contribution in [0.5, 0.6) is 6.01 Å². The molecule has 2 fully saturated rings. The molecule has 2 saturated heterocycles. The molecule has 1 atom stereocenters. The van der Waals surface area contributed by atoms with Crippen LogP contribution >= 0.6 is 0 Å². The molecule has 2 aromatic rings. The number of hydrogen-bond acceptors (Lipinski definition) is 5. The lowest BCUT2D eigenvalue weighted by Crippen LogP contribution is -2.48. The number of hydrogen-bond donors (Lipinski definition) is 0. The number of anilines is 1. The topological polar surface area (TPSA) is 78.9 Å². The smallest absolute Gasteiger partial charge is 0.325 e. The third-order valence-corrected chi connectivity index (χ3v) is 5.84. The van der Waals surface area contributed by atoms with Gasteiger partial charge in [-0.3, -0.25) is 9.69 Å². The van der Waals surface area contributed by atoms with Gasteiger partial charge in [0.1, 0.15) is 12.6 Å². The predicted octanol–water partition coefficient (Wildman–Crippen LogP) is 2.91. The maximum atomic E-state index is 12.9. The molecule has 0 N–H and O–H groups in total. The molecule has 0 radical (unpaired) electrons. The Labute approximate surface area is 182 Å². The number of carbonyl (C=O) groups is 2. The van der Waals surface area contributed by atoms with Gasteiger partial charge in [0.25, 0.3) is 0 Å². The minimum atomic E-state index is -0.134. The van der Waals surface area contributed by atoms with Gasteiger partial charge in [-0.05, 0) is 42.5 Å². The predicted molar refractivity (Wildman–Crippen MR) is 117 cm³/mol. The molecule has 31 heavy (non-hydrogen) atoms. The highest BCUT2D eigenvalue weighted by Crippen LogP contribution is 2.24. The fourth-order valence-corrected chi connectivity index (χ4v) is 4.03. The molecular formula is C23H29N5O3. The molecule has 3 amide bonds. The second-order valence-electron chi connectivity index (χ2n) is 8.36. The van der Waals surface area contributed by atoms with E-state index in [4.69, 9.17) is 4.74 Å². The molecule has 1 aromatic heterocycles. The number of ether oxygens (including phenoxy) is 1. The van der Waals surface area contributed by atoms with Crippen molar-refractivity contribution < 1.29 is 14.3 Å². The zero-order chi connectivity index (χ0) is 21.8. The van der Waals surface area contributed by atoms with Crippen molar-refractivity contribution in [3.63, 3.8) is 0 Å². The van der Waals surface area contributed by atoms with Gasteiger partial charge in [-0.15, -0.1) is 0 Å². The molecule has 8 heteroatoms. The Morgan fingerprint density at radius 1 is 1.13 bits per heavy atom. The van der Waals surface area contributed by atoms with Gasteiger partial charge in [-0.25, -0.2) is 14.8 Å². The molecule has 1 unspecified atom stereocenters. The highest BCUT2D eigenvalue weighted by molar-refractivity contribution is 5.96. The first-order chi connectivity index (χ1) is 15.0. The standard InChI is InChI=1S/C23H29N5O3/c1-17(2)18-6-8-19(9-7-18)28-14-13-27(23(28)30)16-21(29)26-12-3-5-20(15-26)31-22-24-10-4-11-25-22/h4,6-11,17,20H,3,5,12-16H2,1-2H3. The van der Waals surface area contributed by atoms with E-state index in [0.717, 1.165) is 18.5 Å². The molecule has 2 aliphatic heterocycles. The summed E-state index contributed by atoms with van der Waals surface area (Å²) >= 11 is 0. The number of urea groups is 1. The molecular weight excluding hydrogens is 394 g/mol. The molecule has 1 aromatic carbocycles. The van der Waals surface area contributed by atoms with Crippen molar-refractivity contribution in [3.05, 3.63) is 48.3 Å². The van der Waals surface area contributed by atoms with Crippen LogP contribution in [-0.4, -0.2) is 70.5 Å². The molecule has 0 saturated carbocycles. The Bertz CT molecular complexity index is 903. The molecule has 0 aliphatic carbocycles. The number of benzene rings is 1. The number of amides is 3. The number of nitrogens with zero attached hydrogens (tertiary/aromatic N) is 5. The van der Waals surface area contributed by atoms with Crippen molar-refractivity contribution in [2.45, 2.75) is 38.7 Å². The quantitative estimate of drug-likeness (QED) is 0.714. The first kappa shape index (κ1) is 21.1. The lowest BCUT2D eigenvalue weighted by atomic mass is 10.0. The van der Waals surface area contributed by atoms with E-state index in [9.17, 15) is 9.59 Å². The molecule has 2 aliphatic rings. The summed E-state index contributed by atoms with van der Waals surface area (Å²) in [5.74, 6) is 0.399. The van der Waals surface area contributed by atoms with Crippen molar-refractivity contribution in [2.24, 2.45) is 0 Å². The number of likely N-dealkylation sites (tertiary alicyclic amines) is 1. The van der Waals surface area contributed by atoms with Crippen LogP contribution in [0.15, 0.2) is 42.7 Å². The van der Waals surface area contributed by atoms with Gasteiger partial charge >= 0.3 is 12.0 Å². The summed E-state index contributed by atoms with van der Waals surface area (Å²) < 4.78 is 5.82. The van der Waals surface area contributed by atoms with E-state index in [1.54, 1.807) is 33.2 Å². The Kier molecular flexibility index (Phi) is 6.34. The van der Waals surface area contributed by atoms with Gasteiger partial charge in [-0.2, -0.15) is 0 Å². The monoisotopic (exact) mass is 423 g/mol. The Hall–Kier alpha value is -3.16. The molecule has 4 rings (SSSR count). The third kappa shape index (κ3) is 4.95. The summed E-state index contributed by atoms with van der Waals surface area (Å²) in [6, 6.07) is 10.0. The van der Waals surface area contributed by atoms with Crippen LogP contribution in [0.25, 0.3) is 0 Å². The maximum absolute atomic E-state index is 12.9. The zero-order valence-electron chi connectivity index (χ0n) is 18.1. The van der Waals surface area contributed by atoms with Crippen LogP contribution in [0.3, 0.4) is 0 Å². The summed E-state index contributed by atoms with van der Waals surface area (Å²) in [6.45, 7) is 6.68. The Morgan fingerprint density at radius 2 is 1.87 bits per heavy atom. The van der Waals surface area contributed by atoms with Crippen molar-refractivity contribution in [1.82, 2.24) is 19.8 Å². The summed E-state index contributed by atoms with van der Waals surface area (Å²) in [5.41, 5.74) is 2.11. The van der Waals surface area contributed by atoms with Gasteiger partial charge in [-0.1, -0.05) is 26.0 Å². The molecule has 0 spiro atoms. The van der Waals surface area contributed by atoms with Gasteiger partial charge < -0.3 is 14.5 Å². The van der Waals surface area contributed by atoms with Gasteiger partial charge in [0, 0.05) is 37.7 Å². The van der Waals surface area contributed by atoms with Gasteiger partial charge in [0.2, 0.25) is 5.91 Å². The highest BCUT2D eigenvalue weighted by atomic mass is 16.5. The number of rotatable bonds is 6. The molecule has 3 heterocycles. The Balaban J connectivity index is 1.32. The summed E-state index contributed by atoms with van der Waals surface area (Å²) in [4.78, 5) is 39.1. The fourth-order valence-electron chi connectivity index (χ4n) is 4.03. The van der Waals surface area contributed by atoms with Gasteiger partial charge in [0.05, 0.1) is 6.54 Å². The normalized spacial score (nSPS) is 19.3. The summed E-state index contributed by atoms with van der Waals surface area (Å²) in [7, 11) is 0. The summed E-state index contributed by atoms with van der Waals surface area (Å²) in [5, 5.41) is 0. The van der Waals surface area contributed by atoms with Crippen LogP contribution in [0.1, 0.15) is 38.2 Å². The average Bonchev–Trinajstić information content (AvgIpc) is 3.14. The van der Waals surface area contributed by atoms with E-state index in [-0.39, 0.29) is 24.6 Å². The third-order valence-electron chi connectivity index (χ3n) is 5.84. The van der Waals surface area contributed by atoms with E-state index in [1.807, 2.05) is 12.1 Å². The van der Waals surface area contributed by atoms with Crippen LogP contribution in [-0.2, 0) is 4.79 Å².